The van der Waals surface area contributed by atoms with Gasteiger partial charge in [0.2, 0.25) is 0 Å². The molecule has 0 radical (unpaired) electrons. The van der Waals surface area contributed by atoms with Crippen LogP contribution in [-0.4, -0.2) is 32.1 Å². The van der Waals surface area contributed by atoms with E-state index in [0.717, 1.165) is 19.5 Å². The van der Waals surface area contributed by atoms with Crippen molar-refractivity contribution in [1.82, 2.24) is 0 Å². The van der Waals surface area contributed by atoms with Crippen LogP contribution in [0.3, 0.4) is 0 Å². The standard InChI is InChI=1S/C14H20N2O/c1-3-12-6-5-7-14(8-12)16(4-2)9-13-10-17-11-15-13/h5-8,11,13H,3-4,9-10H2,1-2H3. The van der Waals surface area contributed by atoms with Gasteiger partial charge >= 0.3 is 0 Å². The maximum atomic E-state index is 5.16. The number of anilines is 1. The van der Waals surface area contributed by atoms with Gasteiger partial charge in [0.25, 0.3) is 0 Å². The lowest BCUT2D eigenvalue weighted by Gasteiger charge is -2.25. The first-order valence-corrected chi connectivity index (χ1v) is 6.30. The zero-order chi connectivity index (χ0) is 12.1. The van der Waals surface area contributed by atoms with E-state index in [2.05, 4.69) is 48.0 Å². The van der Waals surface area contributed by atoms with Crippen LogP contribution in [0.4, 0.5) is 5.69 Å². The molecule has 3 heteroatoms. The first-order valence-electron chi connectivity index (χ1n) is 6.30. The number of likely N-dealkylation sites (N-methyl/N-ethyl adjacent to an activating group) is 1. The van der Waals surface area contributed by atoms with Crippen molar-refractivity contribution in [1.29, 1.82) is 0 Å². The first-order chi connectivity index (χ1) is 8.33. The third-order valence-corrected chi connectivity index (χ3v) is 3.13. The Morgan fingerprint density at radius 1 is 1.41 bits per heavy atom. The Kier molecular flexibility index (Phi) is 4.02. The van der Waals surface area contributed by atoms with E-state index in [-0.39, 0.29) is 6.04 Å². The van der Waals surface area contributed by atoms with E-state index in [9.17, 15) is 0 Å². The van der Waals surface area contributed by atoms with Gasteiger partial charge in [-0.1, -0.05) is 19.1 Å². The Labute approximate surface area is 103 Å². The molecule has 0 aromatic heterocycles. The van der Waals surface area contributed by atoms with Gasteiger partial charge < -0.3 is 9.64 Å². The largest absolute Gasteiger partial charge is 0.481 e. The van der Waals surface area contributed by atoms with Crippen LogP contribution >= 0.6 is 0 Å². The maximum absolute atomic E-state index is 5.16. The lowest BCUT2D eigenvalue weighted by Crippen LogP contribution is -2.32. The van der Waals surface area contributed by atoms with Crippen molar-refractivity contribution in [2.24, 2.45) is 4.99 Å². The highest BCUT2D eigenvalue weighted by Crippen LogP contribution is 2.18. The minimum atomic E-state index is 0.278. The maximum Gasteiger partial charge on any atom is 0.169 e. The number of nitrogens with zero attached hydrogens (tertiary/aromatic N) is 2. The molecule has 0 bridgehead atoms. The second kappa shape index (κ2) is 5.71. The highest BCUT2D eigenvalue weighted by molar-refractivity contribution is 5.51. The van der Waals surface area contributed by atoms with E-state index in [1.165, 1.54) is 11.3 Å². The highest BCUT2D eigenvalue weighted by atomic mass is 16.5. The second-order valence-corrected chi connectivity index (χ2v) is 4.30. The van der Waals surface area contributed by atoms with Gasteiger partial charge in [-0.2, -0.15) is 0 Å². The number of hydrogen-bond donors (Lipinski definition) is 0. The summed E-state index contributed by atoms with van der Waals surface area (Å²) in [6.45, 7) is 7.01. The summed E-state index contributed by atoms with van der Waals surface area (Å²) in [5, 5.41) is 0. The predicted octanol–water partition coefficient (Wildman–Crippen LogP) is 2.50. The molecule has 0 amide bonds. The molecule has 1 aliphatic rings. The van der Waals surface area contributed by atoms with Crippen molar-refractivity contribution >= 4 is 12.1 Å². The summed E-state index contributed by atoms with van der Waals surface area (Å²) in [6, 6.07) is 9.02. The summed E-state index contributed by atoms with van der Waals surface area (Å²) >= 11 is 0. The molecule has 0 spiro atoms. The molecule has 0 N–H and O–H groups in total. The Morgan fingerprint density at radius 3 is 2.94 bits per heavy atom. The predicted molar refractivity (Wildman–Crippen MR) is 71.9 cm³/mol. The normalized spacial score (nSPS) is 18.1. The van der Waals surface area contributed by atoms with E-state index in [1.807, 2.05) is 0 Å². The quantitative estimate of drug-likeness (QED) is 0.779. The molecule has 1 heterocycles. The Morgan fingerprint density at radius 2 is 2.29 bits per heavy atom. The van der Waals surface area contributed by atoms with Gasteiger partial charge in [-0.25, -0.2) is 4.99 Å². The molecular weight excluding hydrogens is 212 g/mol. The van der Waals surface area contributed by atoms with Crippen molar-refractivity contribution in [2.75, 3.05) is 24.6 Å². The van der Waals surface area contributed by atoms with Crippen LogP contribution in [-0.2, 0) is 11.2 Å². The van der Waals surface area contributed by atoms with E-state index < -0.39 is 0 Å². The monoisotopic (exact) mass is 232 g/mol. The van der Waals surface area contributed by atoms with Crippen molar-refractivity contribution < 1.29 is 4.74 Å². The number of aliphatic imine (C=N–C) groups is 1. The molecule has 17 heavy (non-hydrogen) atoms. The average Bonchev–Trinajstić information content (AvgIpc) is 2.89. The molecule has 1 aromatic rings. The Bertz CT molecular complexity index is 390. The highest BCUT2D eigenvalue weighted by Gasteiger charge is 2.16. The second-order valence-electron chi connectivity index (χ2n) is 4.30. The number of rotatable bonds is 5. The van der Waals surface area contributed by atoms with Crippen molar-refractivity contribution in [3.63, 3.8) is 0 Å². The Hall–Kier alpha value is -1.51. The molecule has 0 saturated carbocycles. The number of hydrogen-bond acceptors (Lipinski definition) is 3. The molecule has 1 aliphatic heterocycles. The minimum absolute atomic E-state index is 0.278. The summed E-state index contributed by atoms with van der Waals surface area (Å²) in [5.74, 6) is 0. The van der Waals surface area contributed by atoms with Gasteiger partial charge in [-0.3, -0.25) is 0 Å². The molecule has 0 saturated heterocycles. The summed E-state index contributed by atoms with van der Waals surface area (Å²) in [7, 11) is 0. The number of benzene rings is 1. The molecule has 3 nitrogen and oxygen atoms in total. The van der Waals surface area contributed by atoms with Gasteiger partial charge in [0.05, 0.1) is 0 Å². The van der Waals surface area contributed by atoms with Crippen molar-refractivity contribution in [2.45, 2.75) is 26.3 Å². The van der Waals surface area contributed by atoms with Crippen molar-refractivity contribution in [3.8, 4) is 0 Å². The molecule has 92 valence electrons. The van der Waals surface area contributed by atoms with Crippen LogP contribution in [0.15, 0.2) is 29.3 Å². The molecule has 0 aliphatic carbocycles. The fraction of sp³-hybridized carbons (Fsp3) is 0.500. The van der Waals surface area contributed by atoms with Crippen LogP contribution in [0.5, 0.6) is 0 Å². The first kappa shape index (κ1) is 12.0. The van der Waals surface area contributed by atoms with Crippen LogP contribution in [0.1, 0.15) is 19.4 Å². The van der Waals surface area contributed by atoms with Crippen LogP contribution in [0.25, 0.3) is 0 Å². The third-order valence-electron chi connectivity index (χ3n) is 3.13. The van der Waals surface area contributed by atoms with E-state index in [1.54, 1.807) is 6.40 Å². The third kappa shape index (κ3) is 2.99. The zero-order valence-electron chi connectivity index (χ0n) is 10.6. The number of ether oxygens (including phenoxy) is 1. The summed E-state index contributed by atoms with van der Waals surface area (Å²) < 4.78 is 5.16. The van der Waals surface area contributed by atoms with Crippen molar-refractivity contribution in [3.05, 3.63) is 29.8 Å². The zero-order valence-corrected chi connectivity index (χ0v) is 10.6. The fourth-order valence-corrected chi connectivity index (χ4v) is 2.07. The smallest absolute Gasteiger partial charge is 0.169 e. The SMILES string of the molecule is CCc1cccc(N(CC)CC2COC=N2)c1. The average molecular weight is 232 g/mol. The summed E-state index contributed by atoms with van der Waals surface area (Å²) in [5.41, 5.74) is 2.67. The van der Waals surface area contributed by atoms with E-state index in [0.29, 0.717) is 6.61 Å². The van der Waals surface area contributed by atoms with E-state index in [4.69, 9.17) is 4.74 Å². The van der Waals surface area contributed by atoms with Crippen LogP contribution in [0.2, 0.25) is 0 Å². The molecular formula is C14H20N2O. The molecule has 1 aromatic carbocycles. The van der Waals surface area contributed by atoms with Gasteiger partial charge in [0, 0.05) is 18.8 Å². The lowest BCUT2D eigenvalue weighted by molar-refractivity contribution is 0.328. The van der Waals surface area contributed by atoms with Crippen LogP contribution < -0.4 is 4.90 Å². The summed E-state index contributed by atoms with van der Waals surface area (Å²) in [4.78, 5) is 6.66. The molecule has 1 atom stereocenters. The lowest BCUT2D eigenvalue weighted by atomic mass is 10.1. The van der Waals surface area contributed by atoms with Gasteiger partial charge in [0.15, 0.2) is 6.40 Å². The van der Waals surface area contributed by atoms with Gasteiger partial charge in [-0.05, 0) is 31.0 Å². The van der Waals surface area contributed by atoms with E-state index >= 15 is 0 Å². The fourth-order valence-electron chi connectivity index (χ4n) is 2.07. The molecule has 2 rings (SSSR count). The molecule has 0 fully saturated rings. The minimum Gasteiger partial charge on any atom is -0.481 e. The van der Waals surface area contributed by atoms with Gasteiger partial charge in [0.1, 0.15) is 12.6 Å². The topological polar surface area (TPSA) is 24.8 Å². The summed E-state index contributed by atoms with van der Waals surface area (Å²) in [6.07, 6.45) is 2.65. The van der Waals surface area contributed by atoms with Gasteiger partial charge in [-0.15, -0.1) is 0 Å². The van der Waals surface area contributed by atoms with Crippen LogP contribution in [0, 0.1) is 0 Å². The molecule has 1 unspecified atom stereocenters. The Balaban J connectivity index is 2.07. The number of aryl methyl sites for hydroxylation is 1.